The lowest BCUT2D eigenvalue weighted by Gasteiger charge is -2.09. The van der Waals surface area contributed by atoms with Crippen molar-refractivity contribution in [2.45, 2.75) is 32.7 Å². The predicted octanol–water partition coefficient (Wildman–Crippen LogP) is 2.15. The lowest BCUT2D eigenvalue weighted by atomic mass is 9.96. The van der Waals surface area contributed by atoms with Crippen molar-refractivity contribution in [3.63, 3.8) is 0 Å². The van der Waals surface area contributed by atoms with Crippen molar-refractivity contribution in [1.82, 2.24) is 15.1 Å². The van der Waals surface area contributed by atoms with Gasteiger partial charge in [0.05, 0.1) is 12.2 Å². The molecule has 1 N–H and O–H groups in total. The van der Waals surface area contributed by atoms with Gasteiger partial charge in [-0.2, -0.15) is 5.10 Å². The van der Waals surface area contributed by atoms with Gasteiger partial charge in [-0.15, -0.1) is 0 Å². The highest BCUT2D eigenvalue weighted by atomic mass is 16.1. The topological polar surface area (TPSA) is 46.9 Å². The Bertz CT molecular complexity index is 631. The molecule has 1 aromatic carbocycles. The minimum atomic E-state index is 0.143. The Labute approximate surface area is 118 Å². The van der Waals surface area contributed by atoms with E-state index >= 15 is 0 Å². The first-order valence-electron chi connectivity index (χ1n) is 6.99. The van der Waals surface area contributed by atoms with Crippen LogP contribution in [-0.2, 0) is 11.3 Å². The Kier molecular flexibility index (Phi) is 3.30. The van der Waals surface area contributed by atoms with Crippen LogP contribution >= 0.6 is 0 Å². The third-order valence-corrected chi connectivity index (χ3v) is 4.00. The molecule has 0 bridgehead atoms. The van der Waals surface area contributed by atoms with Gasteiger partial charge in [0.15, 0.2) is 0 Å². The van der Waals surface area contributed by atoms with E-state index in [0.717, 1.165) is 18.8 Å². The van der Waals surface area contributed by atoms with Crippen molar-refractivity contribution in [3.05, 3.63) is 52.8 Å². The molecule has 2 aromatic rings. The molecule has 0 spiro atoms. The van der Waals surface area contributed by atoms with Crippen molar-refractivity contribution >= 4 is 5.91 Å². The van der Waals surface area contributed by atoms with Crippen LogP contribution in [0.15, 0.2) is 30.3 Å². The normalized spacial score (nSPS) is 18.3. The van der Waals surface area contributed by atoms with Gasteiger partial charge in [-0.1, -0.05) is 30.3 Å². The summed E-state index contributed by atoms with van der Waals surface area (Å²) in [5.74, 6) is 0.414. The first-order chi connectivity index (χ1) is 9.65. The lowest BCUT2D eigenvalue weighted by Crippen LogP contribution is -2.13. The van der Waals surface area contributed by atoms with E-state index in [1.807, 2.05) is 29.8 Å². The first kappa shape index (κ1) is 12.9. The summed E-state index contributed by atoms with van der Waals surface area (Å²) in [7, 11) is 0. The van der Waals surface area contributed by atoms with Crippen molar-refractivity contribution < 1.29 is 4.79 Å². The van der Waals surface area contributed by atoms with E-state index in [-0.39, 0.29) is 11.8 Å². The fraction of sp³-hybridized carbons (Fsp3) is 0.375. The Morgan fingerprint density at radius 2 is 2.05 bits per heavy atom. The van der Waals surface area contributed by atoms with Gasteiger partial charge in [0.25, 0.3) is 0 Å². The van der Waals surface area contributed by atoms with Crippen molar-refractivity contribution in [3.8, 4) is 0 Å². The van der Waals surface area contributed by atoms with E-state index in [1.54, 1.807) is 0 Å². The average molecular weight is 269 g/mol. The Morgan fingerprint density at radius 3 is 2.70 bits per heavy atom. The molecule has 0 radical (unpaired) electrons. The minimum absolute atomic E-state index is 0.143. The highest BCUT2D eigenvalue weighted by Gasteiger charge is 2.28. The first-order valence-corrected chi connectivity index (χ1v) is 6.99. The molecule has 1 unspecified atom stereocenters. The maximum absolute atomic E-state index is 11.4. The van der Waals surface area contributed by atoms with E-state index in [4.69, 9.17) is 0 Å². The van der Waals surface area contributed by atoms with Gasteiger partial charge >= 0.3 is 0 Å². The van der Waals surface area contributed by atoms with Crippen LogP contribution in [0, 0.1) is 13.8 Å². The summed E-state index contributed by atoms with van der Waals surface area (Å²) < 4.78 is 2.04. The number of nitrogens with one attached hydrogen (secondary N) is 1. The predicted molar refractivity (Wildman–Crippen MR) is 77.6 cm³/mol. The number of hydrogen-bond acceptors (Lipinski definition) is 2. The van der Waals surface area contributed by atoms with Crippen molar-refractivity contribution in [2.24, 2.45) is 0 Å². The van der Waals surface area contributed by atoms with Gasteiger partial charge in [-0.05, 0) is 19.4 Å². The third-order valence-electron chi connectivity index (χ3n) is 4.00. The van der Waals surface area contributed by atoms with Crippen LogP contribution < -0.4 is 5.32 Å². The highest BCUT2D eigenvalue weighted by Crippen LogP contribution is 2.28. The molecule has 20 heavy (non-hydrogen) atoms. The SMILES string of the molecule is Cc1nn(Cc2ccccc2)c(C)c1C1CNC(=O)C1. The van der Waals surface area contributed by atoms with E-state index in [9.17, 15) is 4.79 Å². The van der Waals surface area contributed by atoms with Crippen LogP contribution in [0.3, 0.4) is 0 Å². The Balaban J connectivity index is 1.89. The Hall–Kier alpha value is -2.10. The number of rotatable bonds is 3. The smallest absolute Gasteiger partial charge is 0.220 e. The largest absolute Gasteiger partial charge is 0.355 e. The second-order valence-corrected chi connectivity index (χ2v) is 5.43. The number of aryl methyl sites for hydroxylation is 1. The average Bonchev–Trinajstić information content (AvgIpc) is 2.96. The van der Waals surface area contributed by atoms with Gasteiger partial charge in [0.1, 0.15) is 0 Å². The summed E-state index contributed by atoms with van der Waals surface area (Å²) >= 11 is 0. The summed E-state index contributed by atoms with van der Waals surface area (Å²) in [5, 5.41) is 7.56. The number of carbonyl (C=O) groups excluding carboxylic acids is 1. The minimum Gasteiger partial charge on any atom is -0.355 e. The maximum Gasteiger partial charge on any atom is 0.220 e. The molecule has 1 saturated heterocycles. The van der Waals surface area contributed by atoms with E-state index in [2.05, 4.69) is 29.5 Å². The lowest BCUT2D eigenvalue weighted by molar-refractivity contribution is -0.119. The fourth-order valence-electron chi connectivity index (χ4n) is 3.02. The molecule has 4 nitrogen and oxygen atoms in total. The molecule has 1 aromatic heterocycles. The summed E-state index contributed by atoms with van der Waals surface area (Å²) in [6.45, 7) is 5.65. The summed E-state index contributed by atoms with van der Waals surface area (Å²) in [6, 6.07) is 10.3. The van der Waals surface area contributed by atoms with Crippen LogP contribution in [0.2, 0.25) is 0 Å². The molecule has 1 amide bonds. The molecule has 1 aliphatic heterocycles. The fourth-order valence-corrected chi connectivity index (χ4v) is 3.02. The van der Waals surface area contributed by atoms with Crippen LogP contribution in [0.4, 0.5) is 0 Å². The third kappa shape index (κ3) is 2.33. The number of amides is 1. The zero-order valence-corrected chi connectivity index (χ0v) is 11.9. The molecule has 2 heterocycles. The number of carbonyl (C=O) groups is 1. The van der Waals surface area contributed by atoms with E-state index in [1.165, 1.54) is 16.8 Å². The van der Waals surface area contributed by atoms with Crippen molar-refractivity contribution in [1.29, 1.82) is 0 Å². The molecular formula is C16H19N3O. The highest BCUT2D eigenvalue weighted by molar-refractivity contribution is 5.79. The maximum atomic E-state index is 11.4. The number of hydrogen-bond donors (Lipinski definition) is 1. The molecule has 3 rings (SSSR count). The standard InChI is InChI=1S/C16H19N3O/c1-11-16(14-8-15(20)17-9-14)12(2)19(18-11)10-13-6-4-3-5-7-13/h3-7,14H,8-10H2,1-2H3,(H,17,20). The van der Waals surface area contributed by atoms with Gasteiger partial charge in [0.2, 0.25) is 5.91 Å². The molecule has 1 atom stereocenters. The number of nitrogens with zero attached hydrogens (tertiary/aromatic N) is 2. The van der Waals surface area contributed by atoms with E-state index < -0.39 is 0 Å². The van der Waals surface area contributed by atoms with Gasteiger partial charge < -0.3 is 5.32 Å². The molecular weight excluding hydrogens is 250 g/mol. The summed E-state index contributed by atoms with van der Waals surface area (Å²) in [6.07, 6.45) is 0.582. The zero-order chi connectivity index (χ0) is 14.1. The van der Waals surface area contributed by atoms with Crippen LogP contribution in [0.25, 0.3) is 0 Å². The molecule has 0 saturated carbocycles. The molecule has 0 aliphatic carbocycles. The second-order valence-electron chi connectivity index (χ2n) is 5.43. The summed E-state index contributed by atoms with van der Waals surface area (Å²) in [4.78, 5) is 11.4. The molecule has 4 heteroatoms. The van der Waals surface area contributed by atoms with Gasteiger partial charge in [-0.25, -0.2) is 0 Å². The van der Waals surface area contributed by atoms with Gasteiger partial charge in [-0.3, -0.25) is 9.48 Å². The van der Waals surface area contributed by atoms with Gasteiger partial charge in [0, 0.05) is 30.1 Å². The van der Waals surface area contributed by atoms with E-state index in [0.29, 0.717) is 6.42 Å². The number of benzene rings is 1. The quantitative estimate of drug-likeness (QED) is 0.928. The van der Waals surface area contributed by atoms with Crippen LogP contribution in [-0.4, -0.2) is 22.2 Å². The number of aromatic nitrogens is 2. The van der Waals surface area contributed by atoms with Crippen LogP contribution in [0.5, 0.6) is 0 Å². The van der Waals surface area contributed by atoms with Crippen molar-refractivity contribution in [2.75, 3.05) is 6.54 Å². The monoisotopic (exact) mass is 269 g/mol. The Morgan fingerprint density at radius 1 is 1.30 bits per heavy atom. The molecule has 104 valence electrons. The van der Waals surface area contributed by atoms with Crippen LogP contribution in [0.1, 0.15) is 34.9 Å². The molecule has 1 fully saturated rings. The summed E-state index contributed by atoms with van der Waals surface area (Å²) in [5.41, 5.74) is 4.69. The molecule has 1 aliphatic rings. The second kappa shape index (κ2) is 5.12. The zero-order valence-electron chi connectivity index (χ0n) is 11.9.